The van der Waals surface area contributed by atoms with E-state index in [0.717, 1.165) is 67.9 Å². The summed E-state index contributed by atoms with van der Waals surface area (Å²) in [4.78, 5) is 20.2. The Morgan fingerprint density at radius 1 is 0.743 bits per heavy atom. The Bertz CT molecular complexity index is 1290. The summed E-state index contributed by atoms with van der Waals surface area (Å²) in [6.07, 6.45) is 2.13. The standard InChI is InChI=1S/C30H33N3O2/c34-29-15-13-27-26(12-14-28(30(27)31-29)35-23-25-10-5-2-6-11-25)16-19-32-17-7-18-33(21-20-32)22-24-8-3-1-4-9-24/h1-6,8-15H,7,16-23H2,(H,31,34). The van der Waals surface area contributed by atoms with Crippen LogP contribution in [0.25, 0.3) is 10.9 Å². The van der Waals surface area contributed by atoms with E-state index in [0.29, 0.717) is 6.61 Å². The molecule has 0 spiro atoms. The highest BCUT2D eigenvalue weighted by Gasteiger charge is 2.16. The summed E-state index contributed by atoms with van der Waals surface area (Å²) >= 11 is 0. The van der Waals surface area contributed by atoms with Crippen LogP contribution < -0.4 is 10.3 Å². The van der Waals surface area contributed by atoms with Crippen LogP contribution in [0.1, 0.15) is 23.1 Å². The fourth-order valence-electron chi connectivity index (χ4n) is 4.89. The van der Waals surface area contributed by atoms with E-state index in [1.54, 1.807) is 6.07 Å². The van der Waals surface area contributed by atoms with Gasteiger partial charge in [-0.05, 0) is 54.8 Å². The van der Waals surface area contributed by atoms with E-state index >= 15 is 0 Å². The SMILES string of the molecule is O=c1ccc2c(CCN3CCCN(Cc4ccccc4)CC3)ccc(OCc3ccccc3)c2[nH]1. The van der Waals surface area contributed by atoms with Gasteiger partial charge in [0.05, 0.1) is 5.52 Å². The minimum atomic E-state index is -0.106. The normalized spacial score (nSPS) is 15.2. The maximum absolute atomic E-state index is 12.1. The average Bonchev–Trinajstić information content (AvgIpc) is 3.12. The van der Waals surface area contributed by atoms with Crippen LogP contribution in [0.2, 0.25) is 0 Å². The van der Waals surface area contributed by atoms with Crippen LogP contribution in [0.5, 0.6) is 5.75 Å². The van der Waals surface area contributed by atoms with Gasteiger partial charge in [-0.2, -0.15) is 0 Å². The molecule has 35 heavy (non-hydrogen) atoms. The summed E-state index contributed by atoms with van der Waals surface area (Å²) in [6, 6.07) is 28.5. The number of H-pyrrole nitrogens is 1. The lowest BCUT2D eigenvalue weighted by molar-refractivity contribution is 0.253. The Morgan fingerprint density at radius 3 is 2.26 bits per heavy atom. The molecule has 180 valence electrons. The number of hydrogen-bond acceptors (Lipinski definition) is 4. The number of aromatic amines is 1. The zero-order chi connectivity index (χ0) is 23.9. The second-order valence-corrected chi connectivity index (χ2v) is 9.32. The fourth-order valence-corrected chi connectivity index (χ4v) is 4.89. The van der Waals surface area contributed by atoms with Gasteiger partial charge in [0.2, 0.25) is 5.56 Å². The van der Waals surface area contributed by atoms with Crippen LogP contribution in [0.3, 0.4) is 0 Å². The van der Waals surface area contributed by atoms with Crippen molar-refractivity contribution in [2.24, 2.45) is 0 Å². The van der Waals surface area contributed by atoms with Crippen LogP contribution in [0.4, 0.5) is 0 Å². The van der Waals surface area contributed by atoms with Gasteiger partial charge in [-0.3, -0.25) is 9.69 Å². The number of aromatic nitrogens is 1. The third kappa shape index (κ3) is 6.18. The first-order chi connectivity index (χ1) is 17.2. The zero-order valence-electron chi connectivity index (χ0n) is 20.2. The van der Waals surface area contributed by atoms with E-state index in [1.165, 1.54) is 17.5 Å². The Labute approximate surface area is 207 Å². The highest BCUT2D eigenvalue weighted by Crippen LogP contribution is 2.27. The molecule has 0 aliphatic carbocycles. The van der Waals surface area contributed by atoms with Crippen molar-refractivity contribution in [1.29, 1.82) is 0 Å². The molecule has 4 aromatic rings. The zero-order valence-corrected chi connectivity index (χ0v) is 20.2. The molecule has 0 amide bonds. The largest absolute Gasteiger partial charge is 0.487 e. The monoisotopic (exact) mass is 467 g/mol. The Balaban J connectivity index is 1.23. The molecular formula is C30H33N3O2. The maximum atomic E-state index is 12.1. The number of hydrogen-bond donors (Lipinski definition) is 1. The molecule has 2 heterocycles. The second-order valence-electron chi connectivity index (χ2n) is 9.32. The van der Waals surface area contributed by atoms with Crippen molar-refractivity contribution >= 4 is 10.9 Å². The van der Waals surface area contributed by atoms with Gasteiger partial charge in [0.1, 0.15) is 12.4 Å². The van der Waals surface area contributed by atoms with E-state index in [4.69, 9.17) is 4.74 Å². The number of benzene rings is 3. The molecule has 0 radical (unpaired) electrons. The molecule has 5 rings (SSSR count). The molecule has 5 nitrogen and oxygen atoms in total. The molecule has 0 atom stereocenters. The first kappa shape index (κ1) is 23.3. The molecule has 0 saturated carbocycles. The number of ether oxygens (including phenoxy) is 1. The van der Waals surface area contributed by atoms with Crippen LogP contribution >= 0.6 is 0 Å². The third-order valence-electron chi connectivity index (χ3n) is 6.81. The van der Waals surface area contributed by atoms with Crippen molar-refractivity contribution < 1.29 is 4.74 Å². The van der Waals surface area contributed by atoms with E-state index in [1.807, 2.05) is 42.5 Å². The summed E-state index contributed by atoms with van der Waals surface area (Å²) in [7, 11) is 0. The highest BCUT2D eigenvalue weighted by molar-refractivity contribution is 5.87. The smallest absolute Gasteiger partial charge is 0.248 e. The molecule has 1 aliphatic rings. The minimum absolute atomic E-state index is 0.106. The quantitative estimate of drug-likeness (QED) is 0.402. The van der Waals surface area contributed by atoms with Crippen molar-refractivity contribution in [3.63, 3.8) is 0 Å². The van der Waals surface area contributed by atoms with Gasteiger partial charge < -0.3 is 14.6 Å². The van der Waals surface area contributed by atoms with E-state index in [9.17, 15) is 4.79 Å². The van der Waals surface area contributed by atoms with Gasteiger partial charge in [-0.25, -0.2) is 0 Å². The number of rotatable bonds is 8. The summed E-state index contributed by atoms with van der Waals surface area (Å²) in [5.74, 6) is 0.719. The van der Waals surface area contributed by atoms with Crippen molar-refractivity contribution in [1.82, 2.24) is 14.8 Å². The predicted octanol–water partition coefficient (Wildman–Crippen LogP) is 4.86. The van der Waals surface area contributed by atoms with E-state index < -0.39 is 0 Å². The van der Waals surface area contributed by atoms with E-state index in [-0.39, 0.29) is 5.56 Å². The van der Waals surface area contributed by atoms with Gasteiger partial charge in [0.15, 0.2) is 0 Å². The lowest BCUT2D eigenvalue weighted by Crippen LogP contribution is -2.31. The van der Waals surface area contributed by atoms with Crippen LogP contribution in [-0.4, -0.2) is 47.5 Å². The van der Waals surface area contributed by atoms with E-state index in [2.05, 4.69) is 51.2 Å². The second kappa shape index (κ2) is 11.3. The topological polar surface area (TPSA) is 48.6 Å². The Morgan fingerprint density at radius 2 is 1.46 bits per heavy atom. The molecule has 0 bridgehead atoms. The van der Waals surface area contributed by atoms with Gasteiger partial charge in [-0.1, -0.05) is 66.7 Å². The number of nitrogens with one attached hydrogen (secondary N) is 1. The van der Waals surface area contributed by atoms with Gasteiger partial charge >= 0.3 is 0 Å². The fraction of sp³-hybridized carbons (Fsp3) is 0.300. The molecule has 1 aromatic heterocycles. The summed E-state index contributed by atoms with van der Waals surface area (Å²) in [5, 5.41) is 1.07. The summed E-state index contributed by atoms with van der Waals surface area (Å²) < 4.78 is 6.10. The van der Waals surface area contributed by atoms with Crippen molar-refractivity contribution in [2.75, 3.05) is 32.7 Å². The molecule has 1 aliphatic heterocycles. The summed E-state index contributed by atoms with van der Waals surface area (Å²) in [5.41, 5.74) is 4.41. The Hall–Kier alpha value is -3.41. The molecule has 1 N–H and O–H groups in total. The van der Waals surface area contributed by atoms with Crippen LogP contribution in [0, 0.1) is 0 Å². The third-order valence-corrected chi connectivity index (χ3v) is 6.81. The van der Waals surface area contributed by atoms with Gasteiger partial charge in [-0.15, -0.1) is 0 Å². The molecule has 5 heteroatoms. The van der Waals surface area contributed by atoms with Gasteiger partial charge in [0, 0.05) is 37.6 Å². The minimum Gasteiger partial charge on any atom is -0.487 e. The predicted molar refractivity (Wildman–Crippen MR) is 142 cm³/mol. The Kier molecular flexibility index (Phi) is 7.56. The number of fused-ring (bicyclic) bond motifs is 1. The molecule has 0 unspecified atom stereocenters. The van der Waals surface area contributed by atoms with Crippen LogP contribution in [-0.2, 0) is 19.6 Å². The van der Waals surface area contributed by atoms with Crippen molar-refractivity contribution in [3.8, 4) is 5.75 Å². The molecule has 1 fully saturated rings. The lowest BCUT2D eigenvalue weighted by atomic mass is 10.0. The summed E-state index contributed by atoms with van der Waals surface area (Å²) in [6.45, 7) is 6.95. The average molecular weight is 468 g/mol. The maximum Gasteiger partial charge on any atom is 0.248 e. The van der Waals surface area contributed by atoms with Crippen molar-refractivity contribution in [3.05, 3.63) is 112 Å². The molecule has 1 saturated heterocycles. The molecule has 3 aromatic carbocycles. The first-order valence-corrected chi connectivity index (χ1v) is 12.5. The lowest BCUT2D eigenvalue weighted by Gasteiger charge is -2.22. The first-order valence-electron chi connectivity index (χ1n) is 12.5. The number of nitrogens with zero attached hydrogens (tertiary/aromatic N) is 2. The van der Waals surface area contributed by atoms with Crippen LogP contribution in [0.15, 0.2) is 89.7 Å². The number of pyridine rings is 1. The van der Waals surface area contributed by atoms with Gasteiger partial charge in [0.25, 0.3) is 0 Å². The highest BCUT2D eigenvalue weighted by atomic mass is 16.5. The van der Waals surface area contributed by atoms with Crippen molar-refractivity contribution in [2.45, 2.75) is 26.0 Å². The molecular weight excluding hydrogens is 434 g/mol.